The average Bonchev–Trinajstić information content (AvgIpc) is 2.63. The summed E-state index contributed by atoms with van der Waals surface area (Å²) in [4.78, 5) is 26.3. The summed E-state index contributed by atoms with van der Waals surface area (Å²) < 4.78 is 0. The summed E-state index contributed by atoms with van der Waals surface area (Å²) >= 11 is 0. The third-order valence-electron chi connectivity index (χ3n) is 4.53. The fraction of sp³-hybridized carbons (Fsp3) is 0.300. The maximum Gasteiger partial charge on any atom is 0.321 e. The van der Waals surface area contributed by atoms with E-state index >= 15 is 0 Å². The van der Waals surface area contributed by atoms with Crippen molar-refractivity contribution in [1.29, 1.82) is 0 Å². The lowest BCUT2D eigenvalue weighted by Gasteiger charge is -2.36. The van der Waals surface area contributed by atoms with E-state index in [0.29, 0.717) is 6.54 Å². The number of aryl methyl sites for hydroxylation is 1. The number of nitrogens with zero attached hydrogens (tertiary/aromatic N) is 1. The Morgan fingerprint density at radius 1 is 1.08 bits per heavy atom. The number of carbonyl (C=O) groups is 2. The first-order valence-corrected chi connectivity index (χ1v) is 8.59. The van der Waals surface area contributed by atoms with Crippen LogP contribution in [0, 0.1) is 0 Å². The van der Waals surface area contributed by atoms with Crippen LogP contribution in [-0.4, -0.2) is 24.5 Å². The van der Waals surface area contributed by atoms with E-state index in [4.69, 9.17) is 0 Å². The molecule has 1 aliphatic heterocycles. The molecule has 25 heavy (non-hydrogen) atoms. The topological polar surface area (TPSA) is 61.4 Å². The number of urea groups is 1. The minimum absolute atomic E-state index is 0.178. The van der Waals surface area contributed by atoms with Gasteiger partial charge >= 0.3 is 6.03 Å². The molecule has 5 nitrogen and oxygen atoms in total. The van der Waals surface area contributed by atoms with Crippen LogP contribution in [0.1, 0.15) is 24.5 Å². The Hall–Kier alpha value is -2.82. The van der Waals surface area contributed by atoms with E-state index in [2.05, 4.69) is 28.5 Å². The Morgan fingerprint density at radius 2 is 1.80 bits per heavy atom. The zero-order chi connectivity index (χ0) is 17.6. The van der Waals surface area contributed by atoms with Crippen LogP contribution in [0.4, 0.5) is 10.5 Å². The highest BCUT2D eigenvalue weighted by molar-refractivity contribution is 5.96. The maximum absolute atomic E-state index is 12.3. The molecule has 1 atom stereocenters. The van der Waals surface area contributed by atoms with Crippen molar-refractivity contribution in [1.82, 2.24) is 10.6 Å². The fourth-order valence-corrected chi connectivity index (χ4v) is 3.14. The fourth-order valence-electron chi connectivity index (χ4n) is 3.14. The normalized spacial score (nSPS) is 16.0. The quantitative estimate of drug-likeness (QED) is 0.902. The molecule has 0 fully saturated rings. The van der Waals surface area contributed by atoms with Crippen molar-refractivity contribution >= 4 is 17.6 Å². The summed E-state index contributed by atoms with van der Waals surface area (Å²) in [5.74, 6) is -0.297. The lowest BCUT2D eigenvalue weighted by Crippen LogP contribution is -2.48. The Kier molecular flexibility index (Phi) is 5.33. The molecule has 2 N–H and O–H groups in total. The molecular formula is C20H23N3O2. The second-order valence-electron chi connectivity index (χ2n) is 6.36. The van der Waals surface area contributed by atoms with Gasteiger partial charge in [0, 0.05) is 18.3 Å². The van der Waals surface area contributed by atoms with Crippen molar-refractivity contribution in [2.24, 2.45) is 0 Å². The predicted octanol–water partition coefficient (Wildman–Crippen LogP) is 2.85. The van der Waals surface area contributed by atoms with Gasteiger partial charge in [0.1, 0.15) is 0 Å². The third kappa shape index (κ3) is 4.38. The third-order valence-corrected chi connectivity index (χ3v) is 4.53. The Labute approximate surface area is 148 Å². The molecule has 1 heterocycles. The van der Waals surface area contributed by atoms with Crippen LogP contribution in [-0.2, 0) is 17.8 Å². The molecule has 5 heteroatoms. The van der Waals surface area contributed by atoms with Crippen molar-refractivity contribution in [2.75, 3.05) is 11.4 Å². The minimum atomic E-state index is -0.466. The van der Waals surface area contributed by atoms with E-state index in [-0.39, 0.29) is 18.5 Å². The highest BCUT2D eigenvalue weighted by Gasteiger charge is 2.24. The standard InChI is InChI=1S/C20H23N3O2/c1-15-11-12-17-9-5-6-10-18(17)23(15)14-19(24)22-20(25)21-13-16-7-3-2-4-8-16/h2-10,15H,11-14H2,1H3,(H2,21,22,24,25). The molecule has 3 rings (SSSR count). The molecule has 0 aromatic heterocycles. The SMILES string of the molecule is CC1CCc2ccccc2N1CC(=O)NC(=O)NCc1ccccc1. The predicted molar refractivity (Wildman–Crippen MR) is 98.4 cm³/mol. The molecule has 0 saturated heterocycles. The highest BCUT2D eigenvalue weighted by atomic mass is 16.2. The number of hydrogen-bond donors (Lipinski definition) is 2. The zero-order valence-corrected chi connectivity index (χ0v) is 14.4. The molecule has 2 aromatic rings. The van der Waals surface area contributed by atoms with Crippen LogP contribution < -0.4 is 15.5 Å². The molecule has 0 bridgehead atoms. The number of hydrogen-bond acceptors (Lipinski definition) is 3. The number of fused-ring (bicyclic) bond motifs is 1. The summed E-state index contributed by atoms with van der Waals surface area (Å²) in [5.41, 5.74) is 3.33. The number of nitrogens with one attached hydrogen (secondary N) is 2. The van der Waals surface area contributed by atoms with Crippen LogP contribution in [0.2, 0.25) is 0 Å². The number of para-hydroxylation sites is 1. The number of benzene rings is 2. The number of rotatable bonds is 4. The zero-order valence-electron chi connectivity index (χ0n) is 14.4. The van der Waals surface area contributed by atoms with E-state index in [0.717, 1.165) is 24.1 Å². The average molecular weight is 337 g/mol. The van der Waals surface area contributed by atoms with Crippen molar-refractivity contribution in [2.45, 2.75) is 32.4 Å². The minimum Gasteiger partial charge on any atom is -0.359 e. The maximum atomic E-state index is 12.3. The monoisotopic (exact) mass is 337 g/mol. The van der Waals surface area contributed by atoms with E-state index in [1.807, 2.05) is 48.5 Å². The van der Waals surface area contributed by atoms with Crippen molar-refractivity contribution in [3.05, 3.63) is 65.7 Å². The van der Waals surface area contributed by atoms with Gasteiger partial charge in [0.25, 0.3) is 0 Å². The van der Waals surface area contributed by atoms with Crippen LogP contribution in [0.25, 0.3) is 0 Å². The largest absolute Gasteiger partial charge is 0.359 e. The smallest absolute Gasteiger partial charge is 0.321 e. The molecule has 1 aliphatic rings. The molecular weight excluding hydrogens is 314 g/mol. The second-order valence-corrected chi connectivity index (χ2v) is 6.36. The van der Waals surface area contributed by atoms with E-state index < -0.39 is 6.03 Å². The summed E-state index contributed by atoms with van der Waals surface area (Å²) in [6.45, 7) is 2.68. The first-order chi connectivity index (χ1) is 12.1. The van der Waals surface area contributed by atoms with Gasteiger partial charge in [-0.15, -0.1) is 0 Å². The van der Waals surface area contributed by atoms with Gasteiger partial charge in [0.15, 0.2) is 0 Å². The Bertz CT molecular complexity index is 746. The van der Waals surface area contributed by atoms with E-state index in [1.165, 1.54) is 5.56 Å². The summed E-state index contributed by atoms with van der Waals surface area (Å²) in [5, 5.41) is 5.13. The van der Waals surface area contributed by atoms with Crippen molar-refractivity contribution in [3.63, 3.8) is 0 Å². The van der Waals surface area contributed by atoms with Crippen molar-refractivity contribution in [3.8, 4) is 0 Å². The summed E-state index contributed by atoms with van der Waals surface area (Å²) in [6, 6.07) is 17.5. The molecule has 0 aliphatic carbocycles. The van der Waals surface area contributed by atoms with Crippen molar-refractivity contribution < 1.29 is 9.59 Å². The van der Waals surface area contributed by atoms with Crippen LogP contribution in [0.3, 0.4) is 0 Å². The van der Waals surface area contributed by atoms with Gasteiger partial charge in [-0.2, -0.15) is 0 Å². The summed E-state index contributed by atoms with van der Waals surface area (Å²) in [7, 11) is 0. The first-order valence-electron chi connectivity index (χ1n) is 8.59. The lowest BCUT2D eigenvalue weighted by atomic mass is 9.97. The molecule has 0 saturated carbocycles. The Morgan fingerprint density at radius 3 is 2.60 bits per heavy atom. The van der Waals surface area contributed by atoms with E-state index in [9.17, 15) is 9.59 Å². The summed E-state index contributed by atoms with van der Waals surface area (Å²) in [6.07, 6.45) is 2.03. The van der Waals surface area contributed by atoms with Gasteiger partial charge < -0.3 is 10.2 Å². The molecule has 0 radical (unpaired) electrons. The molecule has 3 amide bonds. The van der Waals surface area contributed by atoms with Gasteiger partial charge in [-0.1, -0.05) is 48.5 Å². The molecule has 1 unspecified atom stereocenters. The highest BCUT2D eigenvalue weighted by Crippen LogP contribution is 2.29. The van der Waals surface area contributed by atoms with Crippen LogP contribution in [0.15, 0.2) is 54.6 Å². The Balaban J connectivity index is 1.54. The van der Waals surface area contributed by atoms with Gasteiger partial charge in [-0.25, -0.2) is 4.79 Å². The molecule has 2 aromatic carbocycles. The van der Waals surface area contributed by atoms with Gasteiger partial charge in [-0.05, 0) is 37.0 Å². The number of carbonyl (C=O) groups excluding carboxylic acids is 2. The van der Waals surface area contributed by atoms with Crippen LogP contribution in [0.5, 0.6) is 0 Å². The van der Waals surface area contributed by atoms with Gasteiger partial charge in [-0.3, -0.25) is 10.1 Å². The number of anilines is 1. The number of imide groups is 1. The number of amides is 3. The van der Waals surface area contributed by atoms with Crippen LogP contribution >= 0.6 is 0 Å². The van der Waals surface area contributed by atoms with Gasteiger partial charge in [0.2, 0.25) is 5.91 Å². The second kappa shape index (κ2) is 7.83. The molecule has 130 valence electrons. The van der Waals surface area contributed by atoms with E-state index in [1.54, 1.807) is 0 Å². The van der Waals surface area contributed by atoms with Gasteiger partial charge in [0.05, 0.1) is 6.54 Å². The first kappa shape index (κ1) is 17.0. The molecule has 0 spiro atoms. The lowest BCUT2D eigenvalue weighted by molar-refractivity contribution is -0.118.